The lowest BCUT2D eigenvalue weighted by Crippen LogP contribution is -2.21. The molecule has 2 aromatic rings. The monoisotopic (exact) mass is 299 g/mol. The third kappa shape index (κ3) is 2.24. The lowest BCUT2D eigenvalue weighted by Gasteiger charge is -2.20. The summed E-state index contributed by atoms with van der Waals surface area (Å²) in [6.45, 7) is 0. The van der Waals surface area contributed by atoms with E-state index in [2.05, 4.69) is 14.8 Å². The predicted molar refractivity (Wildman–Crippen MR) is 66.0 cm³/mol. The molecule has 5 nitrogen and oxygen atoms in total. The summed E-state index contributed by atoms with van der Waals surface area (Å²) < 4.78 is 45.4. The molecular formula is C13H12F3N3O2. The van der Waals surface area contributed by atoms with Crippen LogP contribution in [0, 0.1) is 0 Å². The summed E-state index contributed by atoms with van der Waals surface area (Å²) in [6.07, 6.45) is -2.23. The standard InChI is InChI=1S/C13H12F3N3O2/c1-21-12(20)9-6-10-17-8-5-3-2-4-7(8)11(13(14,15)16)19(10)18-9/h6H,2-5H2,1H3. The van der Waals surface area contributed by atoms with Gasteiger partial charge in [-0.15, -0.1) is 0 Å². The molecule has 3 rings (SSSR count). The van der Waals surface area contributed by atoms with Crippen LogP contribution >= 0.6 is 0 Å². The Hall–Kier alpha value is -2.12. The molecule has 0 atom stereocenters. The second-order valence-electron chi connectivity index (χ2n) is 4.88. The molecule has 0 bridgehead atoms. The molecule has 0 amide bonds. The molecule has 0 spiro atoms. The van der Waals surface area contributed by atoms with Crippen molar-refractivity contribution in [2.24, 2.45) is 0 Å². The molecule has 21 heavy (non-hydrogen) atoms. The number of rotatable bonds is 1. The first kappa shape index (κ1) is 13.8. The van der Waals surface area contributed by atoms with Gasteiger partial charge in [0, 0.05) is 17.3 Å². The van der Waals surface area contributed by atoms with Crippen molar-refractivity contribution in [3.05, 3.63) is 28.7 Å². The van der Waals surface area contributed by atoms with Crippen LogP contribution in [0.4, 0.5) is 13.2 Å². The third-order valence-corrected chi connectivity index (χ3v) is 3.54. The molecule has 0 aromatic carbocycles. The zero-order valence-corrected chi connectivity index (χ0v) is 11.2. The van der Waals surface area contributed by atoms with Crippen LogP contribution in [0.5, 0.6) is 0 Å². The molecular weight excluding hydrogens is 287 g/mol. The van der Waals surface area contributed by atoms with E-state index >= 15 is 0 Å². The summed E-state index contributed by atoms with van der Waals surface area (Å²) in [4.78, 5) is 15.7. The number of esters is 1. The fourth-order valence-corrected chi connectivity index (χ4v) is 2.64. The molecule has 0 fully saturated rings. The van der Waals surface area contributed by atoms with Crippen LogP contribution in [-0.4, -0.2) is 27.7 Å². The Morgan fingerprint density at radius 3 is 2.71 bits per heavy atom. The van der Waals surface area contributed by atoms with Gasteiger partial charge in [-0.2, -0.15) is 18.3 Å². The highest BCUT2D eigenvalue weighted by molar-refractivity contribution is 5.88. The quantitative estimate of drug-likeness (QED) is 0.759. The number of methoxy groups -OCH3 is 1. The van der Waals surface area contributed by atoms with Crippen molar-refractivity contribution in [2.45, 2.75) is 31.9 Å². The van der Waals surface area contributed by atoms with Gasteiger partial charge in [0.05, 0.1) is 7.11 Å². The number of ether oxygens (including phenoxy) is 1. The van der Waals surface area contributed by atoms with Crippen molar-refractivity contribution in [1.82, 2.24) is 14.6 Å². The van der Waals surface area contributed by atoms with Crippen LogP contribution in [0.25, 0.3) is 5.65 Å². The molecule has 8 heteroatoms. The Kier molecular flexibility index (Phi) is 3.11. The van der Waals surface area contributed by atoms with Gasteiger partial charge in [0.25, 0.3) is 0 Å². The normalized spacial score (nSPS) is 15.0. The summed E-state index contributed by atoms with van der Waals surface area (Å²) in [5.74, 6) is -0.786. The average Bonchev–Trinajstić information content (AvgIpc) is 2.85. The number of alkyl halides is 3. The molecule has 0 aliphatic heterocycles. The molecule has 1 aliphatic rings. The molecule has 1 aliphatic carbocycles. The number of aryl methyl sites for hydroxylation is 1. The fraction of sp³-hybridized carbons (Fsp3) is 0.462. The van der Waals surface area contributed by atoms with Crippen molar-refractivity contribution in [1.29, 1.82) is 0 Å². The van der Waals surface area contributed by atoms with Crippen molar-refractivity contribution < 1.29 is 22.7 Å². The average molecular weight is 299 g/mol. The van der Waals surface area contributed by atoms with Gasteiger partial charge < -0.3 is 4.74 Å². The zero-order chi connectivity index (χ0) is 15.2. The maximum Gasteiger partial charge on any atom is 0.433 e. The minimum Gasteiger partial charge on any atom is -0.464 e. The molecule has 0 N–H and O–H groups in total. The van der Waals surface area contributed by atoms with Crippen LogP contribution in [0.15, 0.2) is 6.07 Å². The highest BCUT2D eigenvalue weighted by Gasteiger charge is 2.39. The number of hydrogen-bond donors (Lipinski definition) is 0. The topological polar surface area (TPSA) is 56.5 Å². The molecule has 0 unspecified atom stereocenters. The van der Waals surface area contributed by atoms with E-state index in [0.29, 0.717) is 29.5 Å². The van der Waals surface area contributed by atoms with E-state index in [9.17, 15) is 18.0 Å². The smallest absolute Gasteiger partial charge is 0.433 e. The van der Waals surface area contributed by atoms with Crippen LogP contribution < -0.4 is 0 Å². The number of carbonyl (C=O) groups excluding carboxylic acids is 1. The van der Waals surface area contributed by atoms with Crippen molar-refractivity contribution in [3.63, 3.8) is 0 Å². The summed E-state index contributed by atoms with van der Waals surface area (Å²) in [6, 6.07) is 1.22. The van der Waals surface area contributed by atoms with Gasteiger partial charge in [0.15, 0.2) is 17.0 Å². The Morgan fingerprint density at radius 2 is 2.05 bits per heavy atom. The van der Waals surface area contributed by atoms with E-state index in [1.165, 1.54) is 6.07 Å². The molecule has 2 aromatic heterocycles. The molecule has 0 radical (unpaired) electrons. The number of aromatic nitrogens is 3. The molecule has 0 saturated carbocycles. The van der Waals surface area contributed by atoms with Gasteiger partial charge in [-0.05, 0) is 25.7 Å². The third-order valence-electron chi connectivity index (χ3n) is 3.54. The van der Waals surface area contributed by atoms with Gasteiger partial charge >= 0.3 is 12.1 Å². The number of carbonyl (C=O) groups is 1. The van der Waals surface area contributed by atoms with Crippen molar-refractivity contribution in [2.75, 3.05) is 7.11 Å². The van der Waals surface area contributed by atoms with E-state index < -0.39 is 17.8 Å². The van der Waals surface area contributed by atoms with E-state index in [1.807, 2.05) is 0 Å². The maximum absolute atomic E-state index is 13.4. The van der Waals surface area contributed by atoms with Crippen molar-refractivity contribution in [3.8, 4) is 0 Å². The summed E-state index contributed by atoms with van der Waals surface area (Å²) >= 11 is 0. The first-order valence-corrected chi connectivity index (χ1v) is 6.49. The maximum atomic E-state index is 13.4. The van der Waals surface area contributed by atoms with Gasteiger partial charge in [-0.3, -0.25) is 0 Å². The Bertz CT molecular complexity index is 722. The van der Waals surface area contributed by atoms with Crippen LogP contribution in [0.2, 0.25) is 0 Å². The van der Waals surface area contributed by atoms with Crippen LogP contribution in [0.3, 0.4) is 0 Å². The highest BCUT2D eigenvalue weighted by atomic mass is 19.4. The Labute approximate surface area is 117 Å². The Balaban J connectivity index is 2.31. The SMILES string of the molecule is COC(=O)c1cc2nc3c(c(C(F)(F)F)n2n1)CCCC3. The number of hydrogen-bond acceptors (Lipinski definition) is 4. The fourth-order valence-electron chi connectivity index (χ4n) is 2.64. The minimum atomic E-state index is -4.55. The summed E-state index contributed by atoms with van der Waals surface area (Å²) in [5, 5.41) is 3.72. The second kappa shape index (κ2) is 4.71. The minimum absolute atomic E-state index is 0.0170. The van der Waals surface area contributed by atoms with Crippen LogP contribution in [0.1, 0.15) is 40.3 Å². The first-order valence-electron chi connectivity index (χ1n) is 6.49. The van der Waals surface area contributed by atoms with E-state index in [-0.39, 0.29) is 16.9 Å². The van der Waals surface area contributed by atoms with Gasteiger partial charge in [0.2, 0.25) is 0 Å². The van der Waals surface area contributed by atoms with Crippen molar-refractivity contribution >= 4 is 11.6 Å². The summed E-state index contributed by atoms with van der Waals surface area (Å²) in [5.41, 5.74) is -0.378. The van der Waals surface area contributed by atoms with E-state index in [1.54, 1.807) is 0 Å². The van der Waals surface area contributed by atoms with Gasteiger partial charge in [-0.1, -0.05) is 0 Å². The molecule has 2 heterocycles. The highest BCUT2D eigenvalue weighted by Crippen LogP contribution is 2.36. The van der Waals surface area contributed by atoms with E-state index in [4.69, 9.17) is 0 Å². The second-order valence-corrected chi connectivity index (χ2v) is 4.88. The van der Waals surface area contributed by atoms with Gasteiger partial charge in [-0.25, -0.2) is 14.3 Å². The summed E-state index contributed by atoms with van der Waals surface area (Å²) in [7, 11) is 1.15. The molecule has 112 valence electrons. The first-order chi connectivity index (χ1) is 9.91. The van der Waals surface area contributed by atoms with Gasteiger partial charge in [0.1, 0.15) is 0 Å². The number of nitrogens with zero attached hydrogens (tertiary/aromatic N) is 3. The van der Waals surface area contributed by atoms with E-state index in [0.717, 1.165) is 13.5 Å². The Morgan fingerprint density at radius 1 is 1.33 bits per heavy atom. The zero-order valence-electron chi connectivity index (χ0n) is 11.2. The largest absolute Gasteiger partial charge is 0.464 e. The number of fused-ring (bicyclic) bond motifs is 2. The predicted octanol–water partition coefficient (Wildman–Crippen LogP) is 2.41. The number of halogens is 3. The lowest BCUT2D eigenvalue weighted by molar-refractivity contribution is -0.143. The molecule has 0 saturated heterocycles. The van der Waals surface area contributed by atoms with Crippen LogP contribution in [-0.2, 0) is 23.8 Å². The lowest BCUT2D eigenvalue weighted by atomic mass is 9.94.